The van der Waals surface area contributed by atoms with Crippen LogP contribution in [0.2, 0.25) is 0 Å². The number of aliphatic carboxylic acids is 1. The smallest absolute Gasteiger partial charge is 0.307 e. The number of piperidine rings is 3. The molecule has 0 amide bonds. The second kappa shape index (κ2) is 4.39. The number of benzene rings is 1. The Balaban J connectivity index is 1.81. The van der Waals surface area contributed by atoms with Crippen molar-refractivity contribution in [2.24, 2.45) is 0 Å². The first kappa shape index (κ1) is 11.7. The number of nitrogens with zero attached hydrogens (tertiary/aromatic N) is 1. The van der Waals surface area contributed by atoms with Gasteiger partial charge in [-0.2, -0.15) is 0 Å². The Hall–Kier alpha value is -1.35. The fourth-order valence-corrected chi connectivity index (χ4v) is 3.41. The molecule has 3 heterocycles. The van der Waals surface area contributed by atoms with Crippen molar-refractivity contribution in [1.82, 2.24) is 4.90 Å². The van der Waals surface area contributed by atoms with Gasteiger partial charge < -0.3 is 10.0 Å². The van der Waals surface area contributed by atoms with Gasteiger partial charge in [-0.1, -0.05) is 24.3 Å². The van der Waals surface area contributed by atoms with E-state index in [2.05, 4.69) is 17.0 Å². The monoisotopic (exact) mass is 245 g/mol. The Kier molecular flexibility index (Phi) is 2.86. The highest BCUT2D eigenvalue weighted by molar-refractivity contribution is 5.70. The van der Waals surface area contributed by atoms with Crippen LogP contribution in [0.5, 0.6) is 0 Å². The average molecular weight is 245 g/mol. The van der Waals surface area contributed by atoms with Gasteiger partial charge in [0.25, 0.3) is 0 Å². The normalized spacial score (nSPS) is 30.3. The highest BCUT2D eigenvalue weighted by atomic mass is 16.4. The molecule has 4 rings (SSSR count). The zero-order chi connectivity index (χ0) is 12.6. The summed E-state index contributed by atoms with van der Waals surface area (Å²) in [5, 5.41) is 8.78. The topological polar surface area (TPSA) is 40.5 Å². The first-order chi connectivity index (χ1) is 8.68. The molecule has 3 aliphatic heterocycles. The maximum atomic E-state index is 10.7. The standard InChI is InChI=1S/C15H19NO2/c17-14(18)11-12-1-3-13(4-2-12)15-5-8-16(9-6-15)10-7-15/h1-4H,5-11H2,(H,17,18). The van der Waals surface area contributed by atoms with Crippen LogP contribution in [0, 0.1) is 0 Å². The minimum Gasteiger partial charge on any atom is -0.481 e. The predicted octanol–water partition coefficient (Wildman–Crippen LogP) is 2.05. The minimum absolute atomic E-state index is 0.126. The van der Waals surface area contributed by atoms with Gasteiger partial charge in [0.1, 0.15) is 0 Å². The summed E-state index contributed by atoms with van der Waals surface area (Å²) in [5.74, 6) is -0.758. The zero-order valence-electron chi connectivity index (χ0n) is 10.6. The molecule has 0 saturated carbocycles. The lowest BCUT2D eigenvalue weighted by molar-refractivity contribution is -0.136. The lowest BCUT2D eigenvalue weighted by atomic mass is 9.67. The number of carboxylic acid groups (broad SMARTS) is 1. The molecule has 0 atom stereocenters. The number of rotatable bonds is 3. The molecule has 3 nitrogen and oxygen atoms in total. The molecule has 3 heteroatoms. The van der Waals surface area contributed by atoms with Crippen molar-refractivity contribution in [3.05, 3.63) is 35.4 Å². The van der Waals surface area contributed by atoms with Crippen LogP contribution in [0.3, 0.4) is 0 Å². The fourth-order valence-electron chi connectivity index (χ4n) is 3.41. The summed E-state index contributed by atoms with van der Waals surface area (Å²) in [6.45, 7) is 3.66. The van der Waals surface area contributed by atoms with Gasteiger partial charge in [-0.15, -0.1) is 0 Å². The van der Waals surface area contributed by atoms with Crippen molar-refractivity contribution < 1.29 is 9.90 Å². The van der Waals surface area contributed by atoms with E-state index in [4.69, 9.17) is 5.11 Å². The summed E-state index contributed by atoms with van der Waals surface area (Å²) in [6, 6.07) is 8.27. The number of carbonyl (C=O) groups is 1. The van der Waals surface area contributed by atoms with Crippen LogP contribution in [-0.2, 0) is 16.6 Å². The van der Waals surface area contributed by atoms with Gasteiger partial charge in [0.2, 0.25) is 0 Å². The summed E-state index contributed by atoms with van der Waals surface area (Å²) in [5.41, 5.74) is 2.68. The van der Waals surface area contributed by atoms with Gasteiger partial charge in [0, 0.05) is 0 Å². The Morgan fingerprint density at radius 1 is 1.11 bits per heavy atom. The van der Waals surface area contributed by atoms with Gasteiger partial charge in [0.05, 0.1) is 6.42 Å². The molecule has 18 heavy (non-hydrogen) atoms. The molecule has 2 bridgehead atoms. The van der Waals surface area contributed by atoms with Crippen LogP contribution < -0.4 is 0 Å². The highest BCUT2D eigenvalue weighted by Crippen LogP contribution is 2.42. The maximum Gasteiger partial charge on any atom is 0.307 e. The number of fused-ring (bicyclic) bond motifs is 3. The van der Waals surface area contributed by atoms with E-state index in [1.165, 1.54) is 44.5 Å². The van der Waals surface area contributed by atoms with E-state index in [9.17, 15) is 4.79 Å². The molecule has 96 valence electrons. The second-order valence-corrected chi connectivity index (χ2v) is 5.64. The van der Waals surface area contributed by atoms with Crippen molar-refractivity contribution in [3.63, 3.8) is 0 Å². The molecule has 0 spiro atoms. The molecule has 1 aromatic carbocycles. The quantitative estimate of drug-likeness (QED) is 0.886. The van der Waals surface area contributed by atoms with E-state index < -0.39 is 5.97 Å². The van der Waals surface area contributed by atoms with Crippen molar-refractivity contribution in [1.29, 1.82) is 0 Å². The number of carboxylic acids is 1. The second-order valence-electron chi connectivity index (χ2n) is 5.64. The third-order valence-electron chi connectivity index (χ3n) is 4.64. The Bertz CT molecular complexity index is 430. The van der Waals surface area contributed by atoms with E-state index in [1.807, 2.05) is 12.1 Å². The summed E-state index contributed by atoms with van der Waals surface area (Å²) < 4.78 is 0. The summed E-state index contributed by atoms with van der Waals surface area (Å²) in [6.07, 6.45) is 3.89. The van der Waals surface area contributed by atoms with Crippen LogP contribution in [0.1, 0.15) is 30.4 Å². The molecule has 0 radical (unpaired) electrons. The molecular formula is C15H19NO2. The molecule has 0 aromatic heterocycles. The van der Waals surface area contributed by atoms with Crippen molar-refractivity contribution in [2.75, 3.05) is 19.6 Å². The highest BCUT2D eigenvalue weighted by Gasteiger charge is 2.40. The molecule has 0 unspecified atom stereocenters. The Labute approximate surface area is 107 Å². The van der Waals surface area contributed by atoms with Gasteiger partial charge in [-0.05, 0) is 55.4 Å². The average Bonchev–Trinajstić information content (AvgIpc) is 2.41. The van der Waals surface area contributed by atoms with E-state index >= 15 is 0 Å². The molecule has 3 saturated heterocycles. The maximum absolute atomic E-state index is 10.7. The van der Waals surface area contributed by atoms with Crippen LogP contribution in [0.4, 0.5) is 0 Å². The zero-order valence-corrected chi connectivity index (χ0v) is 10.6. The van der Waals surface area contributed by atoms with Crippen molar-refractivity contribution in [2.45, 2.75) is 31.1 Å². The summed E-state index contributed by atoms with van der Waals surface area (Å²) in [7, 11) is 0. The molecule has 1 N–H and O–H groups in total. The van der Waals surface area contributed by atoms with Crippen LogP contribution in [0.15, 0.2) is 24.3 Å². The fraction of sp³-hybridized carbons (Fsp3) is 0.533. The molecular weight excluding hydrogens is 226 g/mol. The molecule has 3 fully saturated rings. The third kappa shape index (κ3) is 2.03. The van der Waals surface area contributed by atoms with E-state index in [0.29, 0.717) is 5.41 Å². The SMILES string of the molecule is O=C(O)Cc1ccc(C23CCN(CC2)CC3)cc1. The Morgan fingerprint density at radius 3 is 2.17 bits per heavy atom. The van der Waals surface area contributed by atoms with Gasteiger partial charge >= 0.3 is 5.97 Å². The Morgan fingerprint density at radius 2 is 1.67 bits per heavy atom. The van der Waals surface area contributed by atoms with E-state index in [0.717, 1.165) is 5.56 Å². The van der Waals surface area contributed by atoms with E-state index in [1.54, 1.807) is 0 Å². The number of hydrogen-bond donors (Lipinski definition) is 1. The van der Waals surface area contributed by atoms with Crippen molar-refractivity contribution >= 4 is 5.97 Å². The molecule has 3 aliphatic rings. The predicted molar refractivity (Wildman–Crippen MR) is 69.8 cm³/mol. The first-order valence-electron chi connectivity index (χ1n) is 6.72. The van der Waals surface area contributed by atoms with Crippen LogP contribution in [-0.4, -0.2) is 35.6 Å². The first-order valence-corrected chi connectivity index (χ1v) is 6.72. The van der Waals surface area contributed by atoms with Gasteiger partial charge in [-0.3, -0.25) is 4.79 Å². The molecule has 1 aromatic rings. The summed E-state index contributed by atoms with van der Waals surface area (Å²) in [4.78, 5) is 13.2. The van der Waals surface area contributed by atoms with Crippen molar-refractivity contribution in [3.8, 4) is 0 Å². The van der Waals surface area contributed by atoms with Gasteiger partial charge in [-0.25, -0.2) is 0 Å². The lowest BCUT2D eigenvalue weighted by Crippen LogP contribution is -2.50. The van der Waals surface area contributed by atoms with Gasteiger partial charge in [0.15, 0.2) is 0 Å². The lowest BCUT2D eigenvalue weighted by Gasteiger charge is -2.49. The van der Waals surface area contributed by atoms with E-state index in [-0.39, 0.29) is 6.42 Å². The number of hydrogen-bond acceptors (Lipinski definition) is 2. The third-order valence-corrected chi connectivity index (χ3v) is 4.64. The molecule has 0 aliphatic carbocycles. The van der Waals surface area contributed by atoms with Crippen LogP contribution in [0.25, 0.3) is 0 Å². The minimum atomic E-state index is -0.758. The summed E-state index contributed by atoms with van der Waals surface area (Å²) >= 11 is 0. The van der Waals surface area contributed by atoms with Crippen LogP contribution >= 0.6 is 0 Å². The largest absolute Gasteiger partial charge is 0.481 e.